The van der Waals surface area contributed by atoms with Crippen molar-refractivity contribution in [3.8, 4) is 5.75 Å². The van der Waals surface area contributed by atoms with E-state index in [1.165, 1.54) is 0 Å². The molecule has 0 aromatic heterocycles. The van der Waals surface area contributed by atoms with Gasteiger partial charge in [-0.1, -0.05) is 0 Å². The Morgan fingerprint density at radius 1 is 1.50 bits per heavy atom. The number of anilines is 1. The van der Waals surface area contributed by atoms with Gasteiger partial charge in [0.05, 0.1) is 0 Å². The second-order valence-corrected chi connectivity index (χ2v) is 4.17. The maximum atomic E-state index is 11.6. The third-order valence-corrected chi connectivity index (χ3v) is 2.90. The molecule has 1 aliphatic heterocycles. The highest BCUT2D eigenvalue weighted by atomic mass is 16.5. The highest BCUT2D eigenvalue weighted by molar-refractivity contribution is 5.83. The van der Waals surface area contributed by atoms with Gasteiger partial charge in [0, 0.05) is 25.7 Å². The van der Waals surface area contributed by atoms with E-state index in [4.69, 9.17) is 10.5 Å². The van der Waals surface area contributed by atoms with Crippen molar-refractivity contribution in [1.29, 1.82) is 0 Å². The summed E-state index contributed by atoms with van der Waals surface area (Å²) in [6.45, 7) is 2.68. The molecule has 1 amide bonds. The Morgan fingerprint density at radius 3 is 2.81 bits per heavy atom. The number of carbonyl (C=O) groups excluding carboxylic acids is 1. The fraction of sp³-hybridized carbons (Fsp3) is 0.417. The predicted octanol–water partition coefficient (Wildman–Crippen LogP) is 1.19. The number of likely N-dealkylation sites (N-methyl/N-ethyl adjacent to an activating group) is 1. The monoisotopic (exact) mass is 220 g/mol. The fourth-order valence-corrected chi connectivity index (χ4v) is 1.79. The molecule has 1 aromatic rings. The highest BCUT2D eigenvalue weighted by Gasteiger charge is 2.30. The van der Waals surface area contributed by atoms with Gasteiger partial charge in [-0.3, -0.25) is 4.79 Å². The number of ether oxygens (including phenoxy) is 1. The standard InChI is InChI=1S/C12H16N2O2/c1-8-7-9(3-4-10(8)13)16-11-5-6-14(2)12(11)15/h3-4,7,11H,5-6,13H2,1-2H3/t11-/m1/s1. The van der Waals surface area contributed by atoms with E-state index in [1.807, 2.05) is 13.0 Å². The first-order chi connectivity index (χ1) is 7.58. The van der Waals surface area contributed by atoms with Gasteiger partial charge in [-0.25, -0.2) is 0 Å². The Balaban J connectivity index is 2.10. The number of amides is 1. The number of nitrogens with two attached hydrogens (primary N) is 1. The molecule has 2 N–H and O–H groups in total. The van der Waals surface area contributed by atoms with Gasteiger partial charge in [-0.15, -0.1) is 0 Å². The number of carbonyl (C=O) groups is 1. The normalized spacial score (nSPS) is 20.2. The molecule has 1 fully saturated rings. The number of nitrogens with zero attached hydrogens (tertiary/aromatic N) is 1. The van der Waals surface area contributed by atoms with Crippen LogP contribution in [0.5, 0.6) is 5.75 Å². The molecule has 1 heterocycles. The molecule has 1 aliphatic rings. The quantitative estimate of drug-likeness (QED) is 0.762. The Morgan fingerprint density at radius 2 is 2.25 bits per heavy atom. The molecule has 1 atom stereocenters. The first-order valence-corrected chi connectivity index (χ1v) is 5.35. The van der Waals surface area contributed by atoms with Gasteiger partial charge in [0.1, 0.15) is 5.75 Å². The van der Waals surface area contributed by atoms with Gasteiger partial charge >= 0.3 is 0 Å². The average Bonchev–Trinajstić information content (AvgIpc) is 2.55. The van der Waals surface area contributed by atoms with Crippen molar-refractivity contribution >= 4 is 11.6 Å². The number of rotatable bonds is 2. The predicted molar refractivity (Wildman–Crippen MR) is 62.3 cm³/mol. The van der Waals surface area contributed by atoms with Crippen molar-refractivity contribution in [2.45, 2.75) is 19.4 Å². The molecule has 4 heteroatoms. The van der Waals surface area contributed by atoms with Gasteiger partial charge in [-0.2, -0.15) is 0 Å². The summed E-state index contributed by atoms with van der Waals surface area (Å²) in [6.07, 6.45) is 0.409. The molecule has 16 heavy (non-hydrogen) atoms. The first-order valence-electron chi connectivity index (χ1n) is 5.35. The zero-order chi connectivity index (χ0) is 11.7. The lowest BCUT2D eigenvalue weighted by Crippen LogP contribution is -2.29. The third-order valence-electron chi connectivity index (χ3n) is 2.90. The lowest BCUT2D eigenvalue weighted by atomic mass is 10.2. The minimum Gasteiger partial charge on any atom is -0.481 e. The van der Waals surface area contributed by atoms with E-state index in [1.54, 1.807) is 24.1 Å². The zero-order valence-corrected chi connectivity index (χ0v) is 9.56. The fourth-order valence-electron chi connectivity index (χ4n) is 1.79. The van der Waals surface area contributed by atoms with Gasteiger partial charge < -0.3 is 15.4 Å². The van der Waals surface area contributed by atoms with Crippen molar-refractivity contribution in [3.63, 3.8) is 0 Å². The van der Waals surface area contributed by atoms with E-state index in [9.17, 15) is 4.79 Å². The maximum absolute atomic E-state index is 11.6. The second kappa shape index (κ2) is 4.04. The second-order valence-electron chi connectivity index (χ2n) is 4.17. The van der Waals surface area contributed by atoms with E-state index in [0.29, 0.717) is 5.75 Å². The number of hydrogen-bond acceptors (Lipinski definition) is 3. The SMILES string of the molecule is Cc1cc(O[C@@H]2CCN(C)C2=O)ccc1N. The van der Waals surface area contributed by atoms with Crippen LogP contribution in [0.1, 0.15) is 12.0 Å². The van der Waals surface area contributed by atoms with E-state index in [2.05, 4.69) is 0 Å². The van der Waals surface area contributed by atoms with Crippen LogP contribution in [0.15, 0.2) is 18.2 Å². The Hall–Kier alpha value is -1.71. The number of nitrogen functional groups attached to an aromatic ring is 1. The molecule has 4 nitrogen and oxygen atoms in total. The smallest absolute Gasteiger partial charge is 0.263 e. The van der Waals surface area contributed by atoms with Crippen LogP contribution in [0.2, 0.25) is 0 Å². The third kappa shape index (κ3) is 1.96. The van der Waals surface area contributed by atoms with E-state index < -0.39 is 0 Å². The van der Waals surface area contributed by atoms with Crippen molar-refractivity contribution in [3.05, 3.63) is 23.8 Å². The van der Waals surface area contributed by atoms with Crippen LogP contribution in [0.25, 0.3) is 0 Å². The molecular weight excluding hydrogens is 204 g/mol. The molecule has 1 saturated heterocycles. The lowest BCUT2D eigenvalue weighted by Gasteiger charge is -2.13. The van der Waals surface area contributed by atoms with Crippen LogP contribution in [-0.2, 0) is 4.79 Å². The van der Waals surface area contributed by atoms with Gasteiger partial charge in [0.15, 0.2) is 6.10 Å². The average molecular weight is 220 g/mol. The highest BCUT2D eigenvalue weighted by Crippen LogP contribution is 2.22. The van der Waals surface area contributed by atoms with Gasteiger partial charge in [0.2, 0.25) is 0 Å². The summed E-state index contributed by atoms with van der Waals surface area (Å²) < 4.78 is 5.65. The van der Waals surface area contributed by atoms with E-state index in [-0.39, 0.29) is 12.0 Å². The van der Waals surface area contributed by atoms with E-state index in [0.717, 1.165) is 24.2 Å². The van der Waals surface area contributed by atoms with Crippen molar-refractivity contribution in [2.75, 3.05) is 19.3 Å². The Kier molecular flexibility index (Phi) is 2.73. The molecule has 0 aliphatic carbocycles. The van der Waals surface area contributed by atoms with E-state index >= 15 is 0 Å². The lowest BCUT2D eigenvalue weighted by molar-refractivity contribution is -0.132. The number of hydrogen-bond donors (Lipinski definition) is 1. The van der Waals surface area contributed by atoms with Crippen LogP contribution in [0.4, 0.5) is 5.69 Å². The molecule has 1 aromatic carbocycles. The number of likely N-dealkylation sites (tertiary alicyclic amines) is 1. The summed E-state index contributed by atoms with van der Waals surface area (Å²) in [7, 11) is 1.79. The molecular formula is C12H16N2O2. The molecule has 0 unspecified atom stereocenters. The Labute approximate surface area is 95.0 Å². The van der Waals surface area contributed by atoms with Crippen LogP contribution < -0.4 is 10.5 Å². The summed E-state index contributed by atoms with van der Waals surface area (Å²) in [5, 5.41) is 0. The Bertz CT molecular complexity index is 417. The minimum absolute atomic E-state index is 0.0504. The number of aryl methyl sites for hydroxylation is 1. The molecule has 0 bridgehead atoms. The molecule has 0 saturated carbocycles. The minimum atomic E-state index is -0.340. The summed E-state index contributed by atoms with van der Waals surface area (Å²) in [6, 6.07) is 5.46. The molecule has 0 radical (unpaired) electrons. The first kappa shape index (κ1) is 10.8. The largest absolute Gasteiger partial charge is 0.481 e. The number of benzene rings is 1. The topological polar surface area (TPSA) is 55.6 Å². The molecule has 86 valence electrons. The van der Waals surface area contributed by atoms with Crippen molar-refractivity contribution < 1.29 is 9.53 Å². The van der Waals surface area contributed by atoms with Gasteiger partial charge in [-0.05, 0) is 30.7 Å². The van der Waals surface area contributed by atoms with Crippen LogP contribution in [0, 0.1) is 6.92 Å². The molecule has 0 spiro atoms. The van der Waals surface area contributed by atoms with Crippen LogP contribution >= 0.6 is 0 Å². The molecule has 2 rings (SSSR count). The summed E-state index contributed by atoms with van der Waals surface area (Å²) >= 11 is 0. The maximum Gasteiger partial charge on any atom is 0.263 e. The van der Waals surface area contributed by atoms with Crippen molar-refractivity contribution in [2.24, 2.45) is 0 Å². The van der Waals surface area contributed by atoms with Crippen LogP contribution in [0.3, 0.4) is 0 Å². The van der Waals surface area contributed by atoms with Gasteiger partial charge in [0.25, 0.3) is 5.91 Å². The summed E-state index contributed by atoms with van der Waals surface area (Å²) in [5.41, 5.74) is 7.42. The van der Waals surface area contributed by atoms with Crippen molar-refractivity contribution in [1.82, 2.24) is 4.90 Å². The van der Waals surface area contributed by atoms with Crippen LogP contribution in [-0.4, -0.2) is 30.5 Å². The summed E-state index contributed by atoms with van der Waals surface area (Å²) in [5.74, 6) is 0.759. The zero-order valence-electron chi connectivity index (χ0n) is 9.56. The summed E-state index contributed by atoms with van der Waals surface area (Å²) in [4.78, 5) is 13.3.